The first-order valence-corrected chi connectivity index (χ1v) is 5.58. The van der Waals surface area contributed by atoms with Gasteiger partial charge < -0.3 is 5.11 Å². The maximum atomic E-state index is 11.1. The maximum Gasteiger partial charge on any atom is 0.335 e. The lowest BCUT2D eigenvalue weighted by molar-refractivity contribution is -0.384. The topological polar surface area (TPSA) is 80.4 Å². The van der Waals surface area contributed by atoms with E-state index in [1.54, 1.807) is 31.2 Å². The second-order valence-corrected chi connectivity index (χ2v) is 4.09. The van der Waals surface area contributed by atoms with Crippen LogP contribution in [0.2, 0.25) is 0 Å². The molecule has 5 nitrogen and oxygen atoms in total. The highest BCUT2D eigenvalue weighted by molar-refractivity contribution is 5.92. The molecule has 0 amide bonds. The molecule has 0 saturated carbocycles. The molecule has 0 heterocycles. The van der Waals surface area contributed by atoms with Gasteiger partial charge in [-0.25, -0.2) is 4.79 Å². The van der Waals surface area contributed by atoms with Crippen LogP contribution in [-0.4, -0.2) is 16.0 Å². The zero-order chi connectivity index (χ0) is 14.0. The number of nitro benzene ring substituents is 1. The monoisotopic (exact) mass is 257 g/mol. The van der Waals surface area contributed by atoms with Crippen LogP contribution in [0.5, 0.6) is 0 Å². The molecule has 5 heteroatoms. The molecule has 0 radical (unpaired) electrons. The van der Waals surface area contributed by atoms with E-state index in [0.717, 1.165) is 11.1 Å². The molecule has 2 aromatic carbocycles. The van der Waals surface area contributed by atoms with Gasteiger partial charge in [0.1, 0.15) is 0 Å². The van der Waals surface area contributed by atoms with Gasteiger partial charge in [-0.3, -0.25) is 10.1 Å². The lowest BCUT2D eigenvalue weighted by atomic mass is 9.96. The smallest absolute Gasteiger partial charge is 0.335 e. The van der Waals surface area contributed by atoms with Gasteiger partial charge in [0, 0.05) is 12.1 Å². The van der Waals surface area contributed by atoms with Crippen molar-refractivity contribution in [1.82, 2.24) is 0 Å². The number of non-ortho nitro benzene ring substituents is 1. The highest BCUT2D eigenvalue weighted by Gasteiger charge is 2.12. The largest absolute Gasteiger partial charge is 0.478 e. The molecule has 0 saturated heterocycles. The number of rotatable bonds is 3. The van der Waals surface area contributed by atoms with Gasteiger partial charge in [0.25, 0.3) is 5.69 Å². The Hall–Kier alpha value is -2.69. The van der Waals surface area contributed by atoms with Crippen LogP contribution in [0.1, 0.15) is 15.9 Å². The summed E-state index contributed by atoms with van der Waals surface area (Å²) in [5.74, 6) is -0.985. The zero-order valence-corrected chi connectivity index (χ0v) is 10.2. The summed E-state index contributed by atoms with van der Waals surface area (Å²) in [5, 5.41) is 19.7. The van der Waals surface area contributed by atoms with Gasteiger partial charge in [0.15, 0.2) is 0 Å². The summed E-state index contributed by atoms with van der Waals surface area (Å²) in [7, 11) is 0. The standard InChI is InChI=1S/C14H11NO4/c1-9-12(3-2-4-13(9)14(16)17)10-5-7-11(8-6-10)15(18)19/h2-8H,1H3,(H,16,17). The Morgan fingerprint density at radius 1 is 1.16 bits per heavy atom. The Bertz CT molecular complexity index is 647. The van der Waals surface area contributed by atoms with E-state index in [9.17, 15) is 14.9 Å². The van der Waals surface area contributed by atoms with Gasteiger partial charge in [-0.05, 0) is 41.8 Å². The van der Waals surface area contributed by atoms with Crippen molar-refractivity contribution >= 4 is 11.7 Å². The maximum absolute atomic E-state index is 11.1. The quantitative estimate of drug-likeness (QED) is 0.675. The Kier molecular flexibility index (Phi) is 3.29. The number of nitro groups is 1. The Morgan fingerprint density at radius 2 is 1.79 bits per heavy atom. The number of carbonyl (C=O) groups is 1. The van der Waals surface area contributed by atoms with E-state index in [2.05, 4.69) is 0 Å². The van der Waals surface area contributed by atoms with Crippen LogP contribution in [0.3, 0.4) is 0 Å². The van der Waals surface area contributed by atoms with E-state index in [1.165, 1.54) is 18.2 Å². The van der Waals surface area contributed by atoms with Crippen LogP contribution in [0.15, 0.2) is 42.5 Å². The molecule has 1 N–H and O–H groups in total. The normalized spacial score (nSPS) is 10.2. The predicted molar refractivity (Wildman–Crippen MR) is 70.2 cm³/mol. The first-order chi connectivity index (χ1) is 9.00. The number of nitrogens with zero attached hydrogens (tertiary/aromatic N) is 1. The van der Waals surface area contributed by atoms with Gasteiger partial charge >= 0.3 is 5.97 Å². The van der Waals surface area contributed by atoms with E-state index in [1.807, 2.05) is 0 Å². The van der Waals surface area contributed by atoms with E-state index in [-0.39, 0.29) is 11.3 Å². The van der Waals surface area contributed by atoms with Gasteiger partial charge in [0.05, 0.1) is 10.5 Å². The van der Waals surface area contributed by atoms with Gasteiger partial charge in [0.2, 0.25) is 0 Å². The molecule has 2 rings (SSSR count). The number of carboxylic acids is 1. The molecule has 0 aliphatic rings. The summed E-state index contributed by atoms with van der Waals surface area (Å²) in [6, 6.07) is 11.0. The molecule has 0 aliphatic heterocycles. The van der Waals surface area contributed by atoms with Crippen molar-refractivity contribution in [2.45, 2.75) is 6.92 Å². The fourth-order valence-corrected chi connectivity index (χ4v) is 1.94. The molecule has 0 atom stereocenters. The number of hydrogen-bond acceptors (Lipinski definition) is 3. The minimum atomic E-state index is -0.985. The van der Waals surface area contributed by atoms with Crippen molar-refractivity contribution < 1.29 is 14.8 Å². The van der Waals surface area contributed by atoms with E-state index in [0.29, 0.717) is 5.56 Å². The molecule has 0 spiro atoms. The summed E-state index contributed by atoms with van der Waals surface area (Å²) in [5.41, 5.74) is 2.40. The lowest BCUT2D eigenvalue weighted by Gasteiger charge is -2.08. The lowest BCUT2D eigenvalue weighted by Crippen LogP contribution is -2.00. The van der Waals surface area contributed by atoms with Crippen LogP contribution in [0, 0.1) is 17.0 Å². The Labute approximate surface area is 109 Å². The fraction of sp³-hybridized carbons (Fsp3) is 0.0714. The Balaban J connectivity index is 2.50. The minimum absolute atomic E-state index is 0.00999. The van der Waals surface area contributed by atoms with Gasteiger partial charge in [-0.2, -0.15) is 0 Å². The molecular weight excluding hydrogens is 246 g/mol. The molecule has 96 valence electrons. The van der Waals surface area contributed by atoms with Crippen molar-refractivity contribution in [3.63, 3.8) is 0 Å². The molecule has 0 aliphatic carbocycles. The predicted octanol–water partition coefficient (Wildman–Crippen LogP) is 3.27. The fourth-order valence-electron chi connectivity index (χ4n) is 1.94. The first kappa shape index (κ1) is 12.8. The Morgan fingerprint density at radius 3 is 2.32 bits per heavy atom. The van der Waals surface area contributed by atoms with Gasteiger partial charge in [-0.1, -0.05) is 12.1 Å². The van der Waals surface area contributed by atoms with Crippen molar-refractivity contribution in [3.05, 3.63) is 63.7 Å². The first-order valence-electron chi connectivity index (χ1n) is 5.58. The summed E-state index contributed by atoms with van der Waals surface area (Å²) < 4.78 is 0. The van der Waals surface area contributed by atoms with Crippen LogP contribution in [-0.2, 0) is 0 Å². The third-order valence-corrected chi connectivity index (χ3v) is 2.95. The number of aromatic carboxylic acids is 1. The molecule has 0 bridgehead atoms. The van der Waals surface area contributed by atoms with Gasteiger partial charge in [-0.15, -0.1) is 0 Å². The van der Waals surface area contributed by atoms with Crippen molar-refractivity contribution in [3.8, 4) is 11.1 Å². The van der Waals surface area contributed by atoms with Crippen molar-refractivity contribution in [2.24, 2.45) is 0 Å². The van der Waals surface area contributed by atoms with Crippen LogP contribution in [0.4, 0.5) is 5.69 Å². The van der Waals surface area contributed by atoms with E-state index >= 15 is 0 Å². The summed E-state index contributed by atoms with van der Waals surface area (Å²) in [4.78, 5) is 21.2. The highest BCUT2D eigenvalue weighted by Crippen LogP contribution is 2.27. The van der Waals surface area contributed by atoms with Crippen molar-refractivity contribution in [2.75, 3.05) is 0 Å². The average Bonchev–Trinajstić information content (AvgIpc) is 2.38. The molecule has 0 fully saturated rings. The average molecular weight is 257 g/mol. The molecule has 0 aromatic heterocycles. The second kappa shape index (κ2) is 4.89. The highest BCUT2D eigenvalue weighted by atomic mass is 16.6. The molecule has 0 unspecified atom stereocenters. The van der Waals surface area contributed by atoms with Crippen LogP contribution in [0.25, 0.3) is 11.1 Å². The molecule has 2 aromatic rings. The SMILES string of the molecule is Cc1c(C(=O)O)cccc1-c1ccc([N+](=O)[O-])cc1. The van der Waals surface area contributed by atoms with Crippen LogP contribution < -0.4 is 0 Å². The molecule has 19 heavy (non-hydrogen) atoms. The third-order valence-electron chi connectivity index (χ3n) is 2.95. The number of benzene rings is 2. The van der Waals surface area contributed by atoms with Crippen LogP contribution >= 0.6 is 0 Å². The summed E-state index contributed by atoms with van der Waals surface area (Å²) in [6.45, 7) is 1.72. The minimum Gasteiger partial charge on any atom is -0.478 e. The zero-order valence-electron chi connectivity index (χ0n) is 10.2. The van der Waals surface area contributed by atoms with E-state index < -0.39 is 10.9 Å². The number of hydrogen-bond donors (Lipinski definition) is 1. The van der Waals surface area contributed by atoms with E-state index in [4.69, 9.17) is 5.11 Å². The summed E-state index contributed by atoms with van der Waals surface area (Å²) in [6.07, 6.45) is 0. The number of carboxylic acid groups (broad SMARTS) is 1. The summed E-state index contributed by atoms with van der Waals surface area (Å²) >= 11 is 0. The van der Waals surface area contributed by atoms with Crippen molar-refractivity contribution in [1.29, 1.82) is 0 Å². The molecular formula is C14H11NO4. The second-order valence-electron chi connectivity index (χ2n) is 4.09. The third kappa shape index (κ3) is 2.44.